The molecule has 3 rings (SSSR count). The molecule has 1 atom stereocenters. The number of carbonyl (C=O) groups excluding carboxylic acids is 2. The maximum atomic E-state index is 12.1. The Morgan fingerprint density at radius 1 is 1.11 bits per heavy atom. The summed E-state index contributed by atoms with van der Waals surface area (Å²) in [6.45, 7) is 3.14. The fourth-order valence-corrected chi connectivity index (χ4v) is 3.31. The quantitative estimate of drug-likeness (QED) is 0.792. The molecule has 0 aliphatic carbocycles. The molecule has 0 spiro atoms. The molecule has 1 aliphatic heterocycles. The number of anilines is 1. The van der Waals surface area contributed by atoms with Crippen molar-refractivity contribution in [3.8, 4) is 0 Å². The lowest BCUT2D eigenvalue weighted by molar-refractivity contribution is -0.136. The van der Waals surface area contributed by atoms with Crippen molar-refractivity contribution in [3.63, 3.8) is 0 Å². The number of benzene rings is 2. The number of piperidine rings is 1. The van der Waals surface area contributed by atoms with Crippen LogP contribution in [0.15, 0.2) is 48.5 Å². The van der Waals surface area contributed by atoms with Gasteiger partial charge in [-0.1, -0.05) is 35.9 Å². The van der Waals surface area contributed by atoms with Crippen LogP contribution in [0.25, 0.3) is 0 Å². The van der Waals surface area contributed by atoms with Gasteiger partial charge in [-0.25, -0.2) is 4.79 Å². The molecule has 2 aromatic rings. The molecule has 0 saturated carbocycles. The third-order valence-electron chi connectivity index (χ3n) is 4.80. The number of rotatable bonds is 5. The first kappa shape index (κ1) is 19.2. The van der Waals surface area contributed by atoms with E-state index in [1.54, 1.807) is 12.1 Å². The summed E-state index contributed by atoms with van der Waals surface area (Å²) in [5, 5.41) is 6.30. The lowest BCUT2D eigenvalue weighted by Crippen LogP contribution is -2.41. The van der Waals surface area contributed by atoms with Gasteiger partial charge in [0.25, 0.3) is 0 Å². The van der Waals surface area contributed by atoms with Crippen LogP contribution in [0.3, 0.4) is 0 Å². The third-order valence-corrected chi connectivity index (χ3v) is 5.05. The van der Waals surface area contributed by atoms with E-state index < -0.39 is 0 Å². The minimum atomic E-state index is -0.266. The molecule has 0 aromatic heterocycles. The van der Waals surface area contributed by atoms with Gasteiger partial charge in [-0.05, 0) is 55.2 Å². The van der Waals surface area contributed by atoms with Gasteiger partial charge in [0.2, 0.25) is 5.91 Å². The predicted octanol–water partition coefficient (Wildman–Crippen LogP) is 4.56. The molecule has 2 aromatic carbocycles. The fourth-order valence-electron chi connectivity index (χ4n) is 3.19. The number of likely N-dealkylation sites (tertiary alicyclic amines) is 1. The Morgan fingerprint density at radius 3 is 2.44 bits per heavy atom. The largest absolute Gasteiger partial charge is 0.336 e. The predicted molar refractivity (Wildman–Crippen MR) is 108 cm³/mol. The molecule has 1 heterocycles. The number of urea groups is 1. The number of hydrogen-bond donors (Lipinski definition) is 2. The van der Waals surface area contributed by atoms with E-state index in [4.69, 9.17) is 11.6 Å². The molecule has 1 saturated heterocycles. The summed E-state index contributed by atoms with van der Waals surface area (Å²) >= 11 is 5.85. The van der Waals surface area contributed by atoms with Crippen LogP contribution < -0.4 is 10.6 Å². The lowest BCUT2D eigenvalue weighted by atomic mass is 10.0. The van der Waals surface area contributed by atoms with Crippen LogP contribution in [0, 0.1) is 0 Å². The van der Waals surface area contributed by atoms with Crippen molar-refractivity contribution in [1.29, 1.82) is 0 Å². The molecule has 1 aliphatic rings. The van der Waals surface area contributed by atoms with Crippen LogP contribution >= 0.6 is 11.6 Å². The zero-order valence-electron chi connectivity index (χ0n) is 15.4. The maximum Gasteiger partial charge on any atom is 0.319 e. The van der Waals surface area contributed by atoms with E-state index in [2.05, 4.69) is 17.6 Å². The van der Waals surface area contributed by atoms with Gasteiger partial charge in [-0.3, -0.25) is 4.79 Å². The van der Waals surface area contributed by atoms with E-state index in [0.717, 1.165) is 24.0 Å². The van der Waals surface area contributed by atoms with Crippen molar-refractivity contribution in [1.82, 2.24) is 10.2 Å². The van der Waals surface area contributed by atoms with Gasteiger partial charge >= 0.3 is 6.03 Å². The second kappa shape index (κ2) is 8.91. The highest BCUT2D eigenvalue weighted by Crippen LogP contribution is 2.21. The second-order valence-electron chi connectivity index (χ2n) is 6.89. The first-order valence-corrected chi connectivity index (χ1v) is 9.57. The number of carbonyl (C=O) groups is 2. The number of nitrogens with zero attached hydrogens (tertiary/aromatic N) is 1. The Labute approximate surface area is 164 Å². The molecule has 0 bridgehead atoms. The Kier molecular flexibility index (Phi) is 6.35. The summed E-state index contributed by atoms with van der Waals surface area (Å²) in [6.07, 6.45) is 2.67. The first-order chi connectivity index (χ1) is 13.0. The molecule has 1 fully saturated rings. The summed E-state index contributed by atoms with van der Waals surface area (Å²) in [5.41, 5.74) is 2.75. The smallest absolute Gasteiger partial charge is 0.319 e. The zero-order chi connectivity index (χ0) is 19.2. The maximum absolute atomic E-state index is 12.1. The highest BCUT2D eigenvalue weighted by atomic mass is 35.5. The molecule has 0 radical (unpaired) electrons. The third kappa shape index (κ3) is 5.47. The van der Waals surface area contributed by atoms with E-state index in [1.807, 2.05) is 41.3 Å². The molecule has 5 nitrogen and oxygen atoms in total. The summed E-state index contributed by atoms with van der Waals surface area (Å²) in [7, 11) is 0. The van der Waals surface area contributed by atoms with Crippen LogP contribution in [0.4, 0.5) is 10.5 Å². The van der Waals surface area contributed by atoms with Gasteiger partial charge in [0.05, 0.1) is 0 Å². The number of nitrogens with one attached hydrogen (secondary N) is 2. The highest BCUT2D eigenvalue weighted by molar-refractivity contribution is 6.30. The fraction of sp³-hybridized carbons (Fsp3) is 0.333. The Hall–Kier alpha value is -2.53. The SMILES string of the molecule is C[C@H]1CCCC(=O)N1Cc1ccc(NC(=O)NCc2ccc(Cl)cc2)cc1. The van der Waals surface area contributed by atoms with E-state index >= 15 is 0 Å². The standard InChI is InChI=1S/C21H24ClN3O2/c1-15-3-2-4-20(26)25(15)14-17-7-11-19(12-8-17)24-21(27)23-13-16-5-9-18(22)10-6-16/h5-12,15H,2-4,13-14H2,1H3,(H2,23,24,27)/t15-/m0/s1. The van der Waals surface area contributed by atoms with Gasteiger partial charge in [-0.15, -0.1) is 0 Å². The second-order valence-corrected chi connectivity index (χ2v) is 7.33. The lowest BCUT2D eigenvalue weighted by Gasteiger charge is -2.33. The van der Waals surface area contributed by atoms with E-state index in [-0.39, 0.29) is 18.0 Å². The molecular weight excluding hydrogens is 362 g/mol. The minimum Gasteiger partial charge on any atom is -0.336 e. The Balaban J connectivity index is 1.50. The average Bonchev–Trinajstić information content (AvgIpc) is 2.66. The van der Waals surface area contributed by atoms with Crippen LogP contribution in [0.5, 0.6) is 0 Å². The van der Waals surface area contributed by atoms with Crippen molar-refractivity contribution < 1.29 is 9.59 Å². The normalized spacial score (nSPS) is 16.9. The minimum absolute atomic E-state index is 0.220. The van der Waals surface area contributed by atoms with Gasteiger partial charge in [0.15, 0.2) is 0 Å². The van der Waals surface area contributed by atoms with Crippen molar-refractivity contribution >= 4 is 29.2 Å². The molecule has 0 unspecified atom stereocenters. The zero-order valence-corrected chi connectivity index (χ0v) is 16.1. The van der Waals surface area contributed by atoms with Gasteiger partial charge in [0.1, 0.15) is 0 Å². The van der Waals surface area contributed by atoms with Gasteiger partial charge in [0, 0.05) is 36.3 Å². The summed E-state index contributed by atoms with van der Waals surface area (Å²) in [6, 6.07) is 15.0. The van der Waals surface area contributed by atoms with Crippen molar-refractivity contribution in [2.75, 3.05) is 5.32 Å². The number of amides is 3. The molecule has 27 heavy (non-hydrogen) atoms. The average molecular weight is 386 g/mol. The number of halogens is 1. The van der Waals surface area contributed by atoms with Crippen molar-refractivity contribution in [2.45, 2.75) is 45.3 Å². The van der Waals surface area contributed by atoms with Crippen molar-refractivity contribution in [2.24, 2.45) is 0 Å². The van der Waals surface area contributed by atoms with Crippen LogP contribution in [-0.4, -0.2) is 22.9 Å². The topological polar surface area (TPSA) is 61.4 Å². The Morgan fingerprint density at radius 2 is 1.78 bits per heavy atom. The van der Waals surface area contributed by atoms with E-state index in [0.29, 0.717) is 30.2 Å². The van der Waals surface area contributed by atoms with Crippen LogP contribution in [0.1, 0.15) is 37.3 Å². The van der Waals surface area contributed by atoms with Crippen molar-refractivity contribution in [3.05, 3.63) is 64.7 Å². The Bertz CT molecular complexity index is 790. The molecule has 6 heteroatoms. The summed E-state index contributed by atoms with van der Waals surface area (Å²) < 4.78 is 0. The van der Waals surface area contributed by atoms with Crippen LogP contribution in [0.2, 0.25) is 5.02 Å². The van der Waals surface area contributed by atoms with E-state index in [1.165, 1.54) is 0 Å². The summed E-state index contributed by atoms with van der Waals surface area (Å²) in [5.74, 6) is 0.220. The molecular formula is C21H24ClN3O2. The van der Waals surface area contributed by atoms with Gasteiger partial charge < -0.3 is 15.5 Å². The number of hydrogen-bond acceptors (Lipinski definition) is 2. The summed E-state index contributed by atoms with van der Waals surface area (Å²) in [4.78, 5) is 26.1. The monoisotopic (exact) mass is 385 g/mol. The van der Waals surface area contributed by atoms with Crippen LogP contribution in [-0.2, 0) is 17.9 Å². The molecule has 3 amide bonds. The van der Waals surface area contributed by atoms with E-state index in [9.17, 15) is 9.59 Å². The van der Waals surface area contributed by atoms with Gasteiger partial charge in [-0.2, -0.15) is 0 Å². The first-order valence-electron chi connectivity index (χ1n) is 9.19. The molecule has 2 N–H and O–H groups in total. The highest BCUT2D eigenvalue weighted by Gasteiger charge is 2.24. The molecule has 142 valence electrons.